The smallest absolute Gasteiger partial charge is 0.306 e. The zero-order valence-corrected chi connectivity index (χ0v) is 20.5. The van der Waals surface area contributed by atoms with Gasteiger partial charge in [-0.05, 0) is 54.7 Å². The number of rotatable bonds is 16. The van der Waals surface area contributed by atoms with Gasteiger partial charge in [-0.3, -0.25) is 4.79 Å². The van der Waals surface area contributed by atoms with Gasteiger partial charge >= 0.3 is 5.97 Å². The number of aliphatic hydroxyl groups excluding tert-OH is 1. The van der Waals surface area contributed by atoms with Gasteiger partial charge in [-0.15, -0.1) is 0 Å². The van der Waals surface area contributed by atoms with E-state index in [2.05, 4.69) is 13.8 Å². The van der Waals surface area contributed by atoms with Gasteiger partial charge in [0.15, 0.2) is 11.5 Å². The molecule has 4 N–H and O–H groups in total. The highest BCUT2D eigenvalue weighted by Crippen LogP contribution is 2.31. The Morgan fingerprint density at radius 3 is 2.25 bits per heavy atom. The second-order valence-corrected chi connectivity index (χ2v) is 9.28. The molecule has 32 heavy (non-hydrogen) atoms. The predicted molar refractivity (Wildman–Crippen MR) is 126 cm³/mol. The van der Waals surface area contributed by atoms with Crippen molar-refractivity contribution < 1.29 is 29.2 Å². The Bertz CT molecular complexity index is 678. The minimum absolute atomic E-state index is 0.0585. The van der Waals surface area contributed by atoms with Crippen molar-refractivity contribution in [3.63, 3.8) is 0 Å². The minimum Gasteiger partial charge on any atom is -0.493 e. The summed E-state index contributed by atoms with van der Waals surface area (Å²) in [7, 11) is 3.29. The van der Waals surface area contributed by atoms with Crippen molar-refractivity contribution in [1.29, 1.82) is 0 Å². The van der Waals surface area contributed by atoms with E-state index in [9.17, 15) is 15.0 Å². The number of carbonyl (C=O) groups is 1. The number of methoxy groups -OCH3 is 2. The number of carboxylic acid groups (broad SMARTS) is 1. The van der Waals surface area contributed by atoms with Crippen molar-refractivity contribution in [2.24, 2.45) is 29.4 Å². The summed E-state index contributed by atoms with van der Waals surface area (Å²) in [5, 5.41) is 20.0. The summed E-state index contributed by atoms with van der Waals surface area (Å²) in [5.41, 5.74) is 7.44. The molecule has 1 rings (SSSR count). The van der Waals surface area contributed by atoms with Gasteiger partial charge in [-0.2, -0.15) is 0 Å². The van der Waals surface area contributed by atoms with Gasteiger partial charge in [-0.1, -0.05) is 33.8 Å². The van der Waals surface area contributed by atoms with Gasteiger partial charge in [0.2, 0.25) is 0 Å². The number of hydrogen-bond acceptors (Lipinski definition) is 6. The van der Waals surface area contributed by atoms with Gasteiger partial charge in [0.1, 0.15) is 0 Å². The molecule has 4 atom stereocenters. The van der Waals surface area contributed by atoms with E-state index in [0.29, 0.717) is 37.1 Å². The number of benzene rings is 1. The van der Waals surface area contributed by atoms with Crippen molar-refractivity contribution in [2.45, 2.75) is 65.5 Å². The summed E-state index contributed by atoms with van der Waals surface area (Å²) in [4.78, 5) is 11.5. The molecule has 0 aliphatic rings. The predicted octanol–water partition coefficient (Wildman–Crippen LogP) is 3.75. The molecule has 7 heteroatoms. The molecule has 0 radical (unpaired) electrons. The molecule has 0 saturated carbocycles. The summed E-state index contributed by atoms with van der Waals surface area (Å²) >= 11 is 0. The lowest BCUT2D eigenvalue weighted by Crippen LogP contribution is -2.40. The number of nitrogens with two attached hydrogens (primary N) is 1. The Kier molecular flexibility index (Phi) is 12.6. The SMILES string of the molecule is COCCCOc1cc(C[C@@H](C[C@H](N)[C@@H](O)C[C@H](C(=O)O)C(C)C)C(C)C)ccc1OC. The average molecular weight is 454 g/mol. The van der Waals surface area contributed by atoms with Crippen LogP contribution >= 0.6 is 0 Å². The van der Waals surface area contributed by atoms with Gasteiger partial charge in [0, 0.05) is 26.2 Å². The Balaban J connectivity index is 2.84. The molecule has 0 spiro atoms. The molecule has 1 aromatic carbocycles. The molecule has 184 valence electrons. The number of hydrogen-bond donors (Lipinski definition) is 3. The van der Waals surface area contributed by atoms with Crippen LogP contribution in [0.2, 0.25) is 0 Å². The second-order valence-electron chi connectivity index (χ2n) is 9.28. The fraction of sp³-hybridized carbons (Fsp3) is 0.720. The van der Waals surface area contributed by atoms with Gasteiger partial charge in [0.25, 0.3) is 0 Å². The van der Waals surface area contributed by atoms with Crippen molar-refractivity contribution >= 4 is 5.97 Å². The number of ether oxygens (including phenoxy) is 3. The fourth-order valence-corrected chi connectivity index (χ4v) is 3.84. The Labute approximate surface area is 193 Å². The molecule has 0 bridgehead atoms. The lowest BCUT2D eigenvalue weighted by atomic mass is 9.81. The first-order valence-electron chi connectivity index (χ1n) is 11.6. The van der Waals surface area contributed by atoms with Gasteiger partial charge in [-0.25, -0.2) is 0 Å². The van der Waals surface area contributed by atoms with Crippen LogP contribution in [0.1, 0.15) is 52.5 Å². The van der Waals surface area contributed by atoms with Crippen LogP contribution in [-0.4, -0.2) is 55.8 Å². The second kappa shape index (κ2) is 14.3. The Hall–Kier alpha value is -1.83. The third-order valence-corrected chi connectivity index (χ3v) is 6.11. The third-order valence-electron chi connectivity index (χ3n) is 6.11. The number of carboxylic acids is 1. The average Bonchev–Trinajstić information content (AvgIpc) is 2.73. The van der Waals surface area contributed by atoms with E-state index in [0.717, 1.165) is 18.4 Å². The maximum absolute atomic E-state index is 11.5. The molecule has 0 aromatic heterocycles. The summed E-state index contributed by atoms with van der Waals surface area (Å²) in [6.45, 7) is 9.17. The van der Waals surface area contributed by atoms with Crippen LogP contribution in [0.3, 0.4) is 0 Å². The minimum atomic E-state index is -0.886. The quantitative estimate of drug-likeness (QED) is 0.327. The maximum Gasteiger partial charge on any atom is 0.306 e. The van der Waals surface area contributed by atoms with E-state index in [1.165, 1.54) is 0 Å². The summed E-state index contributed by atoms with van der Waals surface area (Å²) in [6.07, 6.45) is 1.50. The van der Waals surface area contributed by atoms with Crippen LogP contribution in [0.25, 0.3) is 0 Å². The molecule has 7 nitrogen and oxygen atoms in total. The van der Waals surface area contributed by atoms with Crippen LogP contribution in [0.5, 0.6) is 11.5 Å². The van der Waals surface area contributed by atoms with E-state index in [-0.39, 0.29) is 18.3 Å². The molecule has 0 heterocycles. The normalized spacial score (nSPS) is 15.4. The molecule has 0 aliphatic carbocycles. The van der Waals surface area contributed by atoms with Crippen LogP contribution in [0, 0.1) is 23.7 Å². The van der Waals surface area contributed by atoms with E-state index < -0.39 is 24.0 Å². The van der Waals surface area contributed by atoms with E-state index in [1.807, 2.05) is 32.0 Å². The van der Waals surface area contributed by atoms with Crippen LogP contribution < -0.4 is 15.2 Å². The van der Waals surface area contributed by atoms with E-state index >= 15 is 0 Å². The highest BCUT2D eigenvalue weighted by atomic mass is 16.5. The van der Waals surface area contributed by atoms with E-state index in [1.54, 1.807) is 14.2 Å². The highest BCUT2D eigenvalue weighted by Gasteiger charge is 2.29. The summed E-state index contributed by atoms with van der Waals surface area (Å²) in [6, 6.07) is 5.46. The lowest BCUT2D eigenvalue weighted by molar-refractivity contribution is -0.144. The highest BCUT2D eigenvalue weighted by molar-refractivity contribution is 5.70. The molecule has 0 saturated heterocycles. The van der Waals surface area contributed by atoms with E-state index in [4.69, 9.17) is 19.9 Å². The zero-order chi connectivity index (χ0) is 24.3. The molecule has 0 fully saturated rings. The number of aliphatic carboxylic acids is 1. The first-order chi connectivity index (χ1) is 15.1. The van der Waals surface area contributed by atoms with Crippen molar-refractivity contribution in [3.8, 4) is 11.5 Å². The zero-order valence-electron chi connectivity index (χ0n) is 20.5. The standard InChI is InChI=1S/C25H43NO6/c1-16(2)19(14-21(26)22(27)15-20(17(3)4)25(28)29)12-18-8-9-23(31-6)24(13-18)32-11-7-10-30-5/h8-9,13,16-17,19-22,27H,7,10-12,14-15,26H2,1-6H3,(H,28,29)/t19-,20-,21-,22-/m0/s1. The Morgan fingerprint density at radius 1 is 1.03 bits per heavy atom. The largest absolute Gasteiger partial charge is 0.493 e. The first kappa shape index (κ1) is 28.2. The fourth-order valence-electron chi connectivity index (χ4n) is 3.84. The lowest BCUT2D eigenvalue weighted by Gasteiger charge is -2.29. The topological polar surface area (TPSA) is 111 Å². The maximum atomic E-state index is 11.5. The number of aliphatic hydroxyl groups is 1. The molecular weight excluding hydrogens is 410 g/mol. The van der Waals surface area contributed by atoms with Crippen LogP contribution in [0.15, 0.2) is 18.2 Å². The summed E-state index contributed by atoms with van der Waals surface area (Å²) in [5.74, 6) is 0.424. The van der Waals surface area contributed by atoms with Gasteiger partial charge in [0.05, 0.1) is 25.7 Å². The monoisotopic (exact) mass is 453 g/mol. The third kappa shape index (κ3) is 9.35. The van der Waals surface area contributed by atoms with Crippen LogP contribution in [-0.2, 0) is 16.0 Å². The van der Waals surface area contributed by atoms with Gasteiger partial charge < -0.3 is 30.2 Å². The molecule has 0 unspecified atom stereocenters. The van der Waals surface area contributed by atoms with Crippen LogP contribution in [0.4, 0.5) is 0 Å². The molecule has 1 aromatic rings. The Morgan fingerprint density at radius 2 is 1.72 bits per heavy atom. The molecular formula is C25H43NO6. The molecule has 0 aliphatic heterocycles. The van der Waals surface area contributed by atoms with Crippen molar-refractivity contribution in [1.82, 2.24) is 0 Å². The summed E-state index contributed by atoms with van der Waals surface area (Å²) < 4.78 is 16.4. The van der Waals surface area contributed by atoms with Crippen molar-refractivity contribution in [2.75, 3.05) is 27.4 Å². The first-order valence-corrected chi connectivity index (χ1v) is 11.6. The van der Waals surface area contributed by atoms with Crippen molar-refractivity contribution in [3.05, 3.63) is 23.8 Å². The molecule has 0 amide bonds.